The minimum atomic E-state index is -0.467. The zero-order valence-corrected chi connectivity index (χ0v) is 12.5. The van der Waals surface area contributed by atoms with Crippen LogP contribution in [0.1, 0.15) is 40.5 Å². The Hall–Kier alpha value is -1.10. The molecular formula is C14H27N3O2. The lowest BCUT2D eigenvalue weighted by Gasteiger charge is -2.27. The molecule has 0 aliphatic carbocycles. The Morgan fingerprint density at radius 1 is 1.26 bits per heavy atom. The van der Waals surface area contributed by atoms with E-state index in [0.29, 0.717) is 25.0 Å². The number of amides is 2. The Morgan fingerprint density at radius 3 is 2.47 bits per heavy atom. The topological polar surface area (TPSA) is 70.2 Å². The second-order valence-corrected chi connectivity index (χ2v) is 5.95. The fourth-order valence-corrected chi connectivity index (χ4v) is 2.08. The van der Waals surface area contributed by atoms with Gasteiger partial charge in [0.2, 0.25) is 11.8 Å². The maximum Gasteiger partial charge on any atom is 0.242 e. The highest BCUT2D eigenvalue weighted by Crippen LogP contribution is 2.14. The number of rotatable bonds is 5. The Labute approximate surface area is 115 Å². The largest absolute Gasteiger partial charge is 0.354 e. The number of hydrogen-bond donors (Lipinski definition) is 3. The van der Waals surface area contributed by atoms with E-state index < -0.39 is 6.04 Å². The molecule has 0 radical (unpaired) electrons. The normalized spacial score (nSPS) is 24.9. The van der Waals surface area contributed by atoms with Crippen LogP contribution in [-0.2, 0) is 9.59 Å². The molecule has 1 aliphatic heterocycles. The van der Waals surface area contributed by atoms with Gasteiger partial charge >= 0.3 is 0 Å². The van der Waals surface area contributed by atoms with Crippen molar-refractivity contribution in [2.45, 2.75) is 52.6 Å². The molecule has 0 aromatic rings. The highest BCUT2D eigenvalue weighted by Gasteiger charge is 2.26. The summed E-state index contributed by atoms with van der Waals surface area (Å²) in [6, 6.07) is 0.0152. The van der Waals surface area contributed by atoms with E-state index in [1.165, 1.54) is 0 Å². The summed E-state index contributed by atoms with van der Waals surface area (Å²) in [5.41, 5.74) is 0. The van der Waals surface area contributed by atoms with Gasteiger partial charge in [0.1, 0.15) is 6.04 Å². The summed E-state index contributed by atoms with van der Waals surface area (Å²) in [5, 5.41) is 8.92. The van der Waals surface area contributed by atoms with Crippen molar-refractivity contribution < 1.29 is 9.59 Å². The third-order valence-electron chi connectivity index (χ3n) is 3.47. The van der Waals surface area contributed by atoms with Crippen LogP contribution < -0.4 is 16.0 Å². The Kier molecular flexibility index (Phi) is 6.28. The van der Waals surface area contributed by atoms with E-state index in [1.54, 1.807) is 6.92 Å². The lowest BCUT2D eigenvalue weighted by molar-refractivity contribution is -0.131. The van der Waals surface area contributed by atoms with Gasteiger partial charge in [0.05, 0.1) is 5.92 Å². The highest BCUT2D eigenvalue weighted by atomic mass is 16.2. The zero-order valence-electron chi connectivity index (χ0n) is 12.5. The molecule has 1 rings (SSSR count). The molecule has 0 spiro atoms. The first-order chi connectivity index (χ1) is 8.90. The lowest BCUT2D eigenvalue weighted by atomic mass is 9.94. The van der Waals surface area contributed by atoms with Crippen LogP contribution in [-0.4, -0.2) is 37.0 Å². The monoisotopic (exact) mass is 269 g/mol. The molecule has 3 atom stereocenters. The fraction of sp³-hybridized carbons (Fsp3) is 0.857. The van der Waals surface area contributed by atoms with Gasteiger partial charge in [0, 0.05) is 19.1 Å². The van der Waals surface area contributed by atoms with Crippen LogP contribution in [0.4, 0.5) is 0 Å². The summed E-state index contributed by atoms with van der Waals surface area (Å²) in [7, 11) is 0. The number of nitrogens with one attached hydrogen (secondary N) is 3. The van der Waals surface area contributed by atoms with Crippen molar-refractivity contribution in [3.05, 3.63) is 0 Å². The van der Waals surface area contributed by atoms with Gasteiger partial charge in [-0.1, -0.05) is 13.8 Å². The summed E-state index contributed by atoms with van der Waals surface area (Å²) in [6.45, 7) is 9.27. The fourth-order valence-electron chi connectivity index (χ4n) is 2.08. The maximum atomic E-state index is 12.0. The van der Waals surface area contributed by atoms with Crippen LogP contribution >= 0.6 is 0 Å². The first-order valence-corrected chi connectivity index (χ1v) is 7.21. The minimum absolute atomic E-state index is 0.0171. The van der Waals surface area contributed by atoms with Gasteiger partial charge in [-0.05, 0) is 32.6 Å². The number of carbonyl (C=O) groups is 2. The summed E-state index contributed by atoms with van der Waals surface area (Å²) < 4.78 is 0. The van der Waals surface area contributed by atoms with Crippen LogP contribution in [0.5, 0.6) is 0 Å². The first-order valence-electron chi connectivity index (χ1n) is 7.21. The Balaban J connectivity index is 2.32. The molecule has 1 heterocycles. The maximum absolute atomic E-state index is 12.0. The van der Waals surface area contributed by atoms with Crippen molar-refractivity contribution in [1.29, 1.82) is 0 Å². The van der Waals surface area contributed by atoms with Gasteiger partial charge in [0.25, 0.3) is 0 Å². The van der Waals surface area contributed by atoms with E-state index in [0.717, 1.165) is 12.8 Å². The molecule has 3 unspecified atom stereocenters. The van der Waals surface area contributed by atoms with E-state index in [4.69, 9.17) is 0 Å². The van der Waals surface area contributed by atoms with Crippen molar-refractivity contribution in [1.82, 2.24) is 16.0 Å². The summed E-state index contributed by atoms with van der Waals surface area (Å²) >= 11 is 0. The Morgan fingerprint density at radius 2 is 1.95 bits per heavy atom. The van der Waals surface area contributed by atoms with E-state index >= 15 is 0 Å². The second kappa shape index (κ2) is 7.48. The van der Waals surface area contributed by atoms with E-state index in [-0.39, 0.29) is 17.7 Å². The van der Waals surface area contributed by atoms with Crippen LogP contribution in [0.2, 0.25) is 0 Å². The molecular weight excluding hydrogens is 242 g/mol. The molecule has 1 fully saturated rings. The van der Waals surface area contributed by atoms with Gasteiger partial charge in [-0.2, -0.15) is 0 Å². The highest BCUT2D eigenvalue weighted by molar-refractivity contribution is 5.88. The predicted molar refractivity (Wildman–Crippen MR) is 75.6 cm³/mol. The van der Waals surface area contributed by atoms with Crippen molar-refractivity contribution in [3.8, 4) is 0 Å². The molecule has 3 N–H and O–H groups in total. The smallest absolute Gasteiger partial charge is 0.242 e. The average molecular weight is 269 g/mol. The molecule has 0 aromatic carbocycles. The van der Waals surface area contributed by atoms with Crippen molar-refractivity contribution in [3.63, 3.8) is 0 Å². The third-order valence-corrected chi connectivity index (χ3v) is 3.47. The Bertz CT molecular complexity index is 310. The quantitative estimate of drug-likeness (QED) is 0.686. The molecule has 0 aromatic heterocycles. The van der Waals surface area contributed by atoms with Crippen LogP contribution in [0.25, 0.3) is 0 Å². The standard InChI is InChI=1S/C14H27N3O2/c1-9(2)7-16-13(18)11(4)17-14(19)12-6-5-10(3)15-8-12/h9-12,15H,5-8H2,1-4H3,(H,16,18)(H,17,19). The zero-order chi connectivity index (χ0) is 14.4. The molecule has 0 saturated carbocycles. The van der Waals surface area contributed by atoms with Crippen LogP contribution in [0.15, 0.2) is 0 Å². The van der Waals surface area contributed by atoms with Gasteiger partial charge in [-0.15, -0.1) is 0 Å². The summed E-state index contributed by atoms with van der Waals surface area (Å²) in [5.74, 6) is 0.262. The number of piperidine rings is 1. The molecule has 1 aliphatic rings. The third kappa shape index (κ3) is 5.59. The minimum Gasteiger partial charge on any atom is -0.354 e. The molecule has 0 bridgehead atoms. The van der Waals surface area contributed by atoms with Gasteiger partial charge in [-0.3, -0.25) is 9.59 Å². The van der Waals surface area contributed by atoms with Crippen molar-refractivity contribution in [2.75, 3.05) is 13.1 Å². The van der Waals surface area contributed by atoms with E-state index in [9.17, 15) is 9.59 Å². The molecule has 110 valence electrons. The predicted octanol–water partition coefficient (Wildman–Crippen LogP) is 0.651. The molecule has 5 nitrogen and oxygen atoms in total. The van der Waals surface area contributed by atoms with Gasteiger partial charge in [0.15, 0.2) is 0 Å². The van der Waals surface area contributed by atoms with Crippen LogP contribution in [0.3, 0.4) is 0 Å². The molecule has 1 saturated heterocycles. The lowest BCUT2D eigenvalue weighted by Crippen LogP contribution is -2.50. The first kappa shape index (κ1) is 16.0. The molecule has 2 amide bonds. The second-order valence-electron chi connectivity index (χ2n) is 5.95. The molecule has 19 heavy (non-hydrogen) atoms. The van der Waals surface area contributed by atoms with Crippen molar-refractivity contribution >= 4 is 11.8 Å². The van der Waals surface area contributed by atoms with E-state index in [1.807, 2.05) is 13.8 Å². The molecule has 5 heteroatoms. The van der Waals surface area contributed by atoms with Crippen LogP contribution in [0, 0.1) is 11.8 Å². The van der Waals surface area contributed by atoms with Gasteiger partial charge < -0.3 is 16.0 Å². The average Bonchev–Trinajstić information content (AvgIpc) is 2.36. The van der Waals surface area contributed by atoms with Crippen molar-refractivity contribution in [2.24, 2.45) is 11.8 Å². The summed E-state index contributed by atoms with van der Waals surface area (Å²) in [4.78, 5) is 23.8. The summed E-state index contributed by atoms with van der Waals surface area (Å²) in [6.07, 6.45) is 1.90. The van der Waals surface area contributed by atoms with Gasteiger partial charge in [-0.25, -0.2) is 0 Å². The van der Waals surface area contributed by atoms with E-state index in [2.05, 4.69) is 22.9 Å². The SMILES string of the molecule is CC(C)CNC(=O)C(C)NC(=O)C1CCC(C)NC1. The number of hydrogen-bond acceptors (Lipinski definition) is 3. The number of carbonyl (C=O) groups excluding carboxylic acids is 2.